The second-order valence-electron chi connectivity index (χ2n) is 4.88. The number of aliphatic imine (C=N–C) groups is 1. The Bertz CT molecular complexity index is 748. The van der Waals surface area contributed by atoms with Crippen molar-refractivity contribution >= 4 is 29.4 Å². The molecule has 1 aromatic carbocycles. The summed E-state index contributed by atoms with van der Waals surface area (Å²) in [5.41, 5.74) is 0.729. The van der Waals surface area contributed by atoms with Crippen molar-refractivity contribution in [1.82, 2.24) is 4.98 Å². The number of nitrogens with zero attached hydrogens (tertiary/aromatic N) is 3. The monoisotopic (exact) mass is 315 g/mol. The fraction of sp³-hybridized carbons (Fsp3) is 0.188. The predicted molar refractivity (Wildman–Crippen MR) is 85.4 cm³/mol. The lowest BCUT2D eigenvalue weighted by Crippen LogP contribution is -2.30. The van der Waals surface area contributed by atoms with Crippen molar-refractivity contribution in [2.24, 2.45) is 4.99 Å². The van der Waals surface area contributed by atoms with Gasteiger partial charge in [0.25, 0.3) is 5.91 Å². The molecule has 112 valence electrons. The highest BCUT2D eigenvalue weighted by Crippen LogP contribution is 2.41. The number of carbonyl (C=O) groups is 1. The third-order valence-electron chi connectivity index (χ3n) is 3.68. The number of amides is 1. The van der Waals surface area contributed by atoms with E-state index in [4.69, 9.17) is 16.3 Å². The molecule has 0 saturated heterocycles. The van der Waals surface area contributed by atoms with E-state index >= 15 is 0 Å². The Hall–Kier alpha value is -2.24. The van der Waals surface area contributed by atoms with E-state index in [1.807, 2.05) is 12.1 Å². The van der Waals surface area contributed by atoms with Crippen LogP contribution in [0.3, 0.4) is 0 Å². The van der Waals surface area contributed by atoms with Crippen LogP contribution in [0.2, 0.25) is 5.02 Å². The van der Waals surface area contributed by atoms with Crippen LogP contribution in [0.4, 0.5) is 5.69 Å². The van der Waals surface area contributed by atoms with Gasteiger partial charge in [-0.15, -0.1) is 0 Å². The molecule has 3 rings (SSSR count). The number of benzene rings is 1. The molecule has 22 heavy (non-hydrogen) atoms. The molecule has 5 nitrogen and oxygen atoms in total. The normalized spacial score (nSPS) is 20.7. The summed E-state index contributed by atoms with van der Waals surface area (Å²) in [5, 5.41) is 0.536. The standard InChI is InChI=1S/C16H14ClN3O2/c1-20-13-7-6-11(17)9-12(13)16(22-2,19-10-15(20)21)14-5-3-4-8-18-14/h3-10H,1-2H3. The quantitative estimate of drug-likeness (QED) is 0.856. The van der Waals surface area contributed by atoms with Crippen molar-refractivity contribution in [3.05, 3.63) is 58.9 Å². The molecule has 1 amide bonds. The molecule has 0 fully saturated rings. The van der Waals surface area contributed by atoms with Crippen LogP contribution in [0.25, 0.3) is 0 Å². The van der Waals surface area contributed by atoms with Crippen LogP contribution in [0.1, 0.15) is 11.3 Å². The van der Waals surface area contributed by atoms with Crippen LogP contribution in [0.5, 0.6) is 0 Å². The number of pyridine rings is 1. The highest BCUT2D eigenvalue weighted by Gasteiger charge is 2.40. The molecule has 0 N–H and O–H groups in total. The van der Waals surface area contributed by atoms with E-state index in [1.165, 1.54) is 18.2 Å². The zero-order chi connectivity index (χ0) is 15.7. The number of halogens is 1. The van der Waals surface area contributed by atoms with E-state index < -0.39 is 5.72 Å². The first-order valence-electron chi connectivity index (χ1n) is 6.68. The van der Waals surface area contributed by atoms with Gasteiger partial charge in [0.1, 0.15) is 0 Å². The van der Waals surface area contributed by atoms with Gasteiger partial charge in [0, 0.05) is 30.9 Å². The summed E-state index contributed by atoms with van der Waals surface area (Å²) < 4.78 is 5.73. The first-order chi connectivity index (χ1) is 10.6. The number of anilines is 1. The molecule has 6 heteroatoms. The molecule has 1 atom stereocenters. The van der Waals surface area contributed by atoms with Crippen molar-refractivity contribution < 1.29 is 9.53 Å². The van der Waals surface area contributed by atoms with Crippen molar-refractivity contribution in [2.45, 2.75) is 5.72 Å². The van der Waals surface area contributed by atoms with E-state index in [9.17, 15) is 4.79 Å². The molecule has 0 aliphatic carbocycles. The largest absolute Gasteiger partial charge is 0.348 e. The first kappa shape index (κ1) is 14.7. The van der Waals surface area contributed by atoms with Gasteiger partial charge in [-0.2, -0.15) is 0 Å². The number of carbonyl (C=O) groups excluding carboxylic acids is 1. The minimum Gasteiger partial charge on any atom is -0.348 e. The van der Waals surface area contributed by atoms with Crippen LogP contribution in [-0.4, -0.2) is 31.3 Å². The van der Waals surface area contributed by atoms with Gasteiger partial charge in [-0.1, -0.05) is 17.7 Å². The van der Waals surface area contributed by atoms with E-state index in [0.717, 1.165) is 0 Å². The molecular formula is C16H14ClN3O2. The van der Waals surface area contributed by atoms with Crippen molar-refractivity contribution in [2.75, 3.05) is 19.1 Å². The van der Waals surface area contributed by atoms with Gasteiger partial charge in [-0.05, 0) is 30.3 Å². The molecular weight excluding hydrogens is 302 g/mol. The number of rotatable bonds is 2. The smallest absolute Gasteiger partial charge is 0.268 e. The van der Waals surface area contributed by atoms with Crippen LogP contribution in [0, 0.1) is 0 Å². The summed E-state index contributed by atoms with van der Waals surface area (Å²) in [7, 11) is 3.22. The Morgan fingerprint density at radius 1 is 1.27 bits per heavy atom. The Kier molecular flexibility index (Phi) is 3.68. The summed E-state index contributed by atoms with van der Waals surface area (Å²) >= 11 is 6.15. The van der Waals surface area contributed by atoms with Crippen LogP contribution in [-0.2, 0) is 15.3 Å². The summed E-state index contributed by atoms with van der Waals surface area (Å²) in [4.78, 5) is 22.4. The van der Waals surface area contributed by atoms with Gasteiger partial charge in [0.2, 0.25) is 5.72 Å². The lowest BCUT2D eigenvalue weighted by atomic mass is 9.96. The number of hydrogen-bond acceptors (Lipinski definition) is 4. The van der Waals surface area contributed by atoms with E-state index in [-0.39, 0.29) is 5.91 Å². The van der Waals surface area contributed by atoms with Crippen LogP contribution in [0.15, 0.2) is 47.6 Å². The molecule has 0 saturated carbocycles. The van der Waals surface area contributed by atoms with Crippen molar-refractivity contribution in [3.63, 3.8) is 0 Å². The van der Waals surface area contributed by atoms with Gasteiger partial charge >= 0.3 is 0 Å². The lowest BCUT2D eigenvalue weighted by Gasteiger charge is -2.29. The first-order valence-corrected chi connectivity index (χ1v) is 7.06. The number of ether oxygens (including phenoxy) is 1. The molecule has 1 unspecified atom stereocenters. The minimum atomic E-state index is -1.21. The average molecular weight is 316 g/mol. The maximum Gasteiger partial charge on any atom is 0.268 e. The van der Waals surface area contributed by atoms with Gasteiger partial charge in [0.15, 0.2) is 0 Å². The number of hydrogen-bond donors (Lipinski definition) is 0. The van der Waals surface area contributed by atoms with Crippen LogP contribution < -0.4 is 4.90 Å². The Morgan fingerprint density at radius 3 is 2.77 bits per heavy atom. The molecule has 2 aromatic rings. The van der Waals surface area contributed by atoms with Gasteiger partial charge in [-0.3, -0.25) is 9.78 Å². The third kappa shape index (κ3) is 2.19. The summed E-state index contributed by atoms with van der Waals surface area (Å²) in [6.07, 6.45) is 2.92. The zero-order valence-corrected chi connectivity index (χ0v) is 12.9. The van der Waals surface area contributed by atoms with Crippen molar-refractivity contribution in [3.8, 4) is 0 Å². The number of methoxy groups -OCH3 is 1. The number of fused-ring (bicyclic) bond motifs is 1. The molecule has 1 aromatic heterocycles. The molecule has 1 aliphatic rings. The lowest BCUT2D eigenvalue weighted by molar-refractivity contribution is -0.111. The molecule has 0 bridgehead atoms. The van der Waals surface area contributed by atoms with Crippen LogP contribution >= 0.6 is 11.6 Å². The second kappa shape index (κ2) is 5.51. The number of aromatic nitrogens is 1. The fourth-order valence-corrected chi connectivity index (χ4v) is 2.70. The molecule has 0 spiro atoms. The predicted octanol–water partition coefficient (Wildman–Crippen LogP) is 2.63. The Morgan fingerprint density at radius 2 is 2.09 bits per heavy atom. The van der Waals surface area contributed by atoms with E-state index in [0.29, 0.717) is 22.0 Å². The topological polar surface area (TPSA) is 54.8 Å². The maximum atomic E-state index is 12.2. The van der Waals surface area contributed by atoms with E-state index in [1.54, 1.807) is 37.5 Å². The summed E-state index contributed by atoms with van der Waals surface area (Å²) in [6, 6.07) is 10.7. The van der Waals surface area contributed by atoms with Gasteiger partial charge < -0.3 is 9.64 Å². The van der Waals surface area contributed by atoms with Gasteiger partial charge in [-0.25, -0.2) is 4.99 Å². The molecule has 0 radical (unpaired) electrons. The maximum absolute atomic E-state index is 12.2. The fourth-order valence-electron chi connectivity index (χ4n) is 2.53. The van der Waals surface area contributed by atoms with E-state index in [2.05, 4.69) is 9.98 Å². The Labute approximate surface area is 133 Å². The third-order valence-corrected chi connectivity index (χ3v) is 3.91. The SMILES string of the molecule is COC1(c2ccccn2)N=CC(=O)N(C)c2ccc(Cl)cc21. The molecule has 1 aliphatic heterocycles. The highest BCUT2D eigenvalue weighted by molar-refractivity contribution is 6.33. The van der Waals surface area contributed by atoms with Gasteiger partial charge in [0.05, 0.1) is 17.6 Å². The highest BCUT2D eigenvalue weighted by atomic mass is 35.5. The average Bonchev–Trinajstić information content (AvgIpc) is 2.65. The summed E-state index contributed by atoms with van der Waals surface area (Å²) in [5.74, 6) is -0.238. The molecule has 2 heterocycles. The summed E-state index contributed by atoms with van der Waals surface area (Å²) in [6.45, 7) is 0. The second-order valence-corrected chi connectivity index (χ2v) is 5.32. The van der Waals surface area contributed by atoms with Crippen molar-refractivity contribution in [1.29, 1.82) is 0 Å². The zero-order valence-electron chi connectivity index (χ0n) is 12.2. The minimum absolute atomic E-state index is 0.238. The Balaban J connectivity index is 2.35.